The van der Waals surface area contributed by atoms with Crippen LogP contribution in [0, 0.1) is 0 Å². The second-order valence-corrected chi connectivity index (χ2v) is 5.31. The molecular weight excluding hydrogens is 252 g/mol. The van der Waals surface area contributed by atoms with E-state index in [4.69, 9.17) is 11.6 Å². The zero-order valence-electron chi connectivity index (χ0n) is 9.98. The van der Waals surface area contributed by atoms with Crippen molar-refractivity contribution in [2.75, 3.05) is 19.0 Å². The number of hydrogen-bond acceptors (Lipinski definition) is 3. The molecule has 17 heavy (non-hydrogen) atoms. The summed E-state index contributed by atoms with van der Waals surface area (Å²) in [5, 5.41) is 3.15. The van der Waals surface area contributed by atoms with Crippen molar-refractivity contribution < 1.29 is 0 Å². The van der Waals surface area contributed by atoms with E-state index in [1.54, 1.807) is 11.3 Å². The van der Waals surface area contributed by atoms with Crippen LogP contribution in [0.5, 0.6) is 0 Å². The second kappa shape index (κ2) is 5.52. The first-order valence-electron chi connectivity index (χ1n) is 5.44. The summed E-state index contributed by atoms with van der Waals surface area (Å²) in [6.07, 6.45) is 0.884. The average Bonchev–Trinajstić information content (AvgIpc) is 2.77. The molecule has 0 saturated carbocycles. The van der Waals surface area contributed by atoms with Crippen LogP contribution >= 0.6 is 22.9 Å². The molecule has 0 saturated heterocycles. The third-order valence-corrected chi connectivity index (χ3v) is 3.72. The summed E-state index contributed by atoms with van der Waals surface area (Å²) in [6, 6.07) is 8.56. The summed E-state index contributed by atoms with van der Waals surface area (Å²) in [6.45, 7) is 0. The molecule has 1 aromatic carbocycles. The topological polar surface area (TPSA) is 16.1 Å². The van der Waals surface area contributed by atoms with E-state index in [2.05, 4.69) is 34.1 Å². The van der Waals surface area contributed by atoms with Crippen LogP contribution < -0.4 is 4.90 Å². The summed E-state index contributed by atoms with van der Waals surface area (Å²) in [5.74, 6) is 0.496. The number of alkyl halides is 1. The number of thiazole rings is 1. The SMILES string of the molecule is CN(C)c1ccc(Cc2nc(CCl)cs2)cc1. The van der Waals surface area contributed by atoms with Gasteiger partial charge in [-0.15, -0.1) is 22.9 Å². The van der Waals surface area contributed by atoms with Gasteiger partial charge < -0.3 is 4.90 Å². The summed E-state index contributed by atoms with van der Waals surface area (Å²) in [4.78, 5) is 6.55. The zero-order valence-corrected chi connectivity index (χ0v) is 11.6. The zero-order chi connectivity index (χ0) is 12.3. The lowest BCUT2D eigenvalue weighted by molar-refractivity contribution is 1.08. The van der Waals surface area contributed by atoms with Crippen molar-refractivity contribution in [1.82, 2.24) is 4.98 Å². The quantitative estimate of drug-likeness (QED) is 0.787. The Morgan fingerprint density at radius 2 is 1.94 bits per heavy atom. The van der Waals surface area contributed by atoms with Crippen molar-refractivity contribution in [2.24, 2.45) is 0 Å². The summed E-state index contributed by atoms with van der Waals surface area (Å²) < 4.78 is 0. The Hall–Kier alpha value is -1.06. The van der Waals surface area contributed by atoms with Gasteiger partial charge in [-0.1, -0.05) is 12.1 Å². The van der Waals surface area contributed by atoms with Gasteiger partial charge in [0.05, 0.1) is 16.6 Å². The summed E-state index contributed by atoms with van der Waals surface area (Å²) >= 11 is 7.41. The fourth-order valence-electron chi connectivity index (χ4n) is 1.58. The molecule has 0 aliphatic rings. The number of benzene rings is 1. The molecule has 4 heteroatoms. The van der Waals surface area contributed by atoms with E-state index in [9.17, 15) is 0 Å². The fourth-order valence-corrected chi connectivity index (χ4v) is 2.63. The van der Waals surface area contributed by atoms with Crippen LogP contribution in [0.15, 0.2) is 29.6 Å². The molecule has 1 aromatic heterocycles. The Balaban J connectivity index is 2.08. The lowest BCUT2D eigenvalue weighted by Gasteiger charge is -2.12. The molecule has 2 nitrogen and oxygen atoms in total. The number of halogens is 1. The van der Waals surface area contributed by atoms with Crippen LogP contribution in [0.25, 0.3) is 0 Å². The molecule has 0 atom stereocenters. The molecule has 2 rings (SSSR count). The molecule has 0 aliphatic carbocycles. The minimum absolute atomic E-state index is 0.496. The Morgan fingerprint density at radius 1 is 1.24 bits per heavy atom. The van der Waals surface area contributed by atoms with Crippen molar-refractivity contribution in [3.05, 3.63) is 45.9 Å². The van der Waals surface area contributed by atoms with Crippen LogP contribution in [0.1, 0.15) is 16.3 Å². The van der Waals surface area contributed by atoms with Gasteiger partial charge in [0.2, 0.25) is 0 Å². The molecule has 0 aliphatic heterocycles. The molecule has 0 unspecified atom stereocenters. The Bertz CT molecular complexity index is 476. The van der Waals surface area contributed by atoms with Crippen LogP contribution in [0.4, 0.5) is 5.69 Å². The number of hydrogen-bond donors (Lipinski definition) is 0. The van der Waals surface area contributed by atoms with E-state index >= 15 is 0 Å². The Morgan fingerprint density at radius 3 is 2.47 bits per heavy atom. The van der Waals surface area contributed by atoms with Crippen LogP contribution in [-0.2, 0) is 12.3 Å². The van der Waals surface area contributed by atoms with Crippen molar-refractivity contribution in [2.45, 2.75) is 12.3 Å². The van der Waals surface area contributed by atoms with Gasteiger partial charge in [-0.3, -0.25) is 0 Å². The van der Waals surface area contributed by atoms with Gasteiger partial charge in [-0.2, -0.15) is 0 Å². The molecule has 0 radical (unpaired) electrons. The smallest absolute Gasteiger partial charge is 0.0972 e. The first-order valence-corrected chi connectivity index (χ1v) is 6.86. The Kier molecular flexibility index (Phi) is 4.02. The van der Waals surface area contributed by atoms with Gasteiger partial charge in [0, 0.05) is 31.6 Å². The third-order valence-electron chi connectivity index (χ3n) is 2.54. The fraction of sp³-hybridized carbons (Fsp3) is 0.308. The minimum Gasteiger partial charge on any atom is -0.378 e. The van der Waals surface area contributed by atoms with Crippen LogP contribution in [0.3, 0.4) is 0 Å². The lowest BCUT2D eigenvalue weighted by Crippen LogP contribution is -2.08. The van der Waals surface area contributed by atoms with Gasteiger partial charge in [0.25, 0.3) is 0 Å². The molecular formula is C13H15ClN2S. The maximum atomic E-state index is 5.74. The lowest BCUT2D eigenvalue weighted by atomic mass is 10.1. The van der Waals surface area contributed by atoms with Gasteiger partial charge in [0.15, 0.2) is 0 Å². The van der Waals surface area contributed by atoms with E-state index in [1.807, 2.05) is 19.5 Å². The van der Waals surface area contributed by atoms with Gasteiger partial charge in [0.1, 0.15) is 0 Å². The number of rotatable bonds is 4. The normalized spacial score (nSPS) is 10.5. The second-order valence-electron chi connectivity index (χ2n) is 4.10. The van der Waals surface area contributed by atoms with Crippen molar-refractivity contribution in [3.8, 4) is 0 Å². The predicted octanol–water partition coefficient (Wildman–Crippen LogP) is 3.54. The highest BCUT2D eigenvalue weighted by molar-refractivity contribution is 7.09. The number of aromatic nitrogens is 1. The number of anilines is 1. The molecule has 90 valence electrons. The Labute approximate surface area is 111 Å². The maximum Gasteiger partial charge on any atom is 0.0972 e. The molecule has 1 heterocycles. The summed E-state index contributed by atoms with van der Waals surface area (Å²) in [5.41, 5.74) is 3.47. The van der Waals surface area contributed by atoms with E-state index in [0.29, 0.717) is 5.88 Å². The van der Waals surface area contributed by atoms with Gasteiger partial charge in [-0.25, -0.2) is 4.98 Å². The first kappa shape index (κ1) is 12.4. The third kappa shape index (κ3) is 3.20. The molecule has 0 N–H and O–H groups in total. The van der Waals surface area contributed by atoms with Crippen molar-refractivity contribution in [1.29, 1.82) is 0 Å². The van der Waals surface area contributed by atoms with Crippen molar-refractivity contribution >= 4 is 28.6 Å². The molecule has 0 bridgehead atoms. The van der Waals surface area contributed by atoms with E-state index in [1.165, 1.54) is 11.3 Å². The molecule has 0 spiro atoms. The highest BCUT2D eigenvalue weighted by atomic mass is 35.5. The number of nitrogens with zero attached hydrogens (tertiary/aromatic N) is 2. The first-order chi connectivity index (χ1) is 8.19. The molecule has 2 aromatic rings. The monoisotopic (exact) mass is 266 g/mol. The standard InChI is InChI=1S/C13H15ClN2S/c1-16(2)12-5-3-10(4-6-12)7-13-15-11(8-14)9-17-13/h3-6,9H,7-8H2,1-2H3. The van der Waals surface area contributed by atoms with Crippen LogP contribution in [-0.4, -0.2) is 19.1 Å². The van der Waals surface area contributed by atoms with E-state index in [-0.39, 0.29) is 0 Å². The van der Waals surface area contributed by atoms with Gasteiger partial charge in [-0.05, 0) is 17.7 Å². The largest absolute Gasteiger partial charge is 0.378 e. The van der Waals surface area contributed by atoms with Gasteiger partial charge >= 0.3 is 0 Å². The van der Waals surface area contributed by atoms with Crippen molar-refractivity contribution in [3.63, 3.8) is 0 Å². The van der Waals surface area contributed by atoms with E-state index < -0.39 is 0 Å². The van der Waals surface area contributed by atoms with E-state index in [0.717, 1.165) is 17.1 Å². The summed E-state index contributed by atoms with van der Waals surface area (Å²) in [7, 11) is 4.09. The molecule has 0 amide bonds. The predicted molar refractivity (Wildman–Crippen MR) is 75.2 cm³/mol. The van der Waals surface area contributed by atoms with Crippen LogP contribution in [0.2, 0.25) is 0 Å². The average molecular weight is 267 g/mol. The maximum absolute atomic E-state index is 5.74. The highest BCUT2D eigenvalue weighted by Crippen LogP contribution is 2.18. The minimum atomic E-state index is 0.496. The molecule has 0 fully saturated rings. The highest BCUT2D eigenvalue weighted by Gasteiger charge is 2.03.